The van der Waals surface area contributed by atoms with Crippen LogP contribution in [0.2, 0.25) is 0 Å². The molecule has 0 saturated carbocycles. The Labute approximate surface area is 164 Å². The lowest BCUT2D eigenvalue weighted by Crippen LogP contribution is -2.33. The van der Waals surface area contributed by atoms with E-state index in [1.165, 1.54) is 31.4 Å². The van der Waals surface area contributed by atoms with E-state index in [2.05, 4.69) is 20.7 Å². The first-order valence-electron chi connectivity index (χ1n) is 8.27. The molecule has 0 heterocycles. The number of ether oxygens (including phenoxy) is 1. The Kier molecular flexibility index (Phi) is 7.35. The van der Waals surface area contributed by atoms with Gasteiger partial charge in [-0.1, -0.05) is 6.07 Å². The smallest absolute Gasteiger partial charge is 0.325 e. The van der Waals surface area contributed by atoms with Gasteiger partial charge in [-0.15, -0.1) is 0 Å². The zero-order chi connectivity index (χ0) is 21.4. The van der Waals surface area contributed by atoms with E-state index in [1.54, 1.807) is 0 Å². The number of hydrogen-bond acceptors (Lipinski definition) is 5. The zero-order valence-corrected chi connectivity index (χ0v) is 15.3. The molecule has 3 amide bonds. The van der Waals surface area contributed by atoms with E-state index >= 15 is 0 Å². The van der Waals surface area contributed by atoms with Gasteiger partial charge in [0, 0.05) is 22.9 Å². The summed E-state index contributed by atoms with van der Waals surface area (Å²) in [5.74, 6) is -4.44. The molecule has 0 saturated heterocycles. The molecule has 2 rings (SSSR count). The van der Waals surface area contributed by atoms with Crippen LogP contribution in [0, 0.1) is 11.6 Å². The predicted molar refractivity (Wildman–Crippen MR) is 98.1 cm³/mol. The fraction of sp³-hybridized carbons (Fsp3) is 0.158. The maximum Gasteiger partial charge on any atom is 0.325 e. The fourth-order valence-electron chi connectivity index (χ4n) is 2.22. The molecule has 0 unspecified atom stereocenters. The molecule has 0 aliphatic heterocycles. The molecule has 3 N–H and O–H groups in total. The Bertz CT molecular complexity index is 929. The molecule has 0 radical (unpaired) electrons. The summed E-state index contributed by atoms with van der Waals surface area (Å²) in [7, 11) is 1.19. The summed E-state index contributed by atoms with van der Waals surface area (Å²) in [4.78, 5) is 46.9. The Hall–Kier alpha value is -3.82. The van der Waals surface area contributed by atoms with Crippen molar-refractivity contribution in [1.82, 2.24) is 10.6 Å². The van der Waals surface area contributed by atoms with Crippen molar-refractivity contribution in [2.45, 2.75) is 0 Å². The summed E-state index contributed by atoms with van der Waals surface area (Å²) in [5, 5.41) is 7.06. The number of esters is 1. The molecule has 0 aromatic heterocycles. The normalized spacial score (nSPS) is 10.0. The van der Waals surface area contributed by atoms with Gasteiger partial charge < -0.3 is 20.7 Å². The van der Waals surface area contributed by atoms with Gasteiger partial charge in [0.05, 0.1) is 13.7 Å². The van der Waals surface area contributed by atoms with Crippen LogP contribution in [0.5, 0.6) is 0 Å². The Morgan fingerprint density at radius 2 is 1.48 bits per heavy atom. The van der Waals surface area contributed by atoms with Crippen LogP contribution in [0.1, 0.15) is 20.7 Å². The minimum absolute atomic E-state index is 0.186. The van der Waals surface area contributed by atoms with Crippen LogP contribution in [0.3, 0.4) is 0 Å². The highest BCUT2D eigenvalue weighted by molar-refractivity contribution is 6.01. The largest absolute Gasteiger partial charge is 0.468 e. The number of halogens is 2. The molecule has 0 bridgehead atoms. The Balaban J connectivity index is 1.91. The van der Waals surface area contributed by atoms with Crippen LogP contribution < -0.4 is 16.0 Å². The van der Waals surface area contributed by atoms with Crippen LogP contribution in [0.25, 0.3) is 0 Å². The Morgan fingerprint density at radius 3 is 2.14 bits per heavy atom. The number of amides is 3. The minimum atomic E-state index is -0.915. The van der Waals surface area contributed by atoms with Gasteiger partial charge in [-0.2, -0.15) is 0 Å². The van der Waals surface area contributed by atoms with E-state index in [0.29, 0.717) is 6.07 Å². The molecule has 0 spiro atoms. The zero-order valence-electron chi connectivity index (χ0n) is 15.3. The lowest BCUT2D eigenvalue weighted by Gasteiger charge is -2.09. The summed E-state index contributed by atoms with van der Waals surface area (Å²) in [6, 6.07) is 8.17. The van der Waals surface area contributed by atoms with Crippen molar-refractivity contribution in [1.29, 1.82) is 0 Å². The first kappa shape index (κ1) is 21.5. The number of benzene rings is 2. The van der Waals surface area contributed by atoms with Crippen LogP contribution in [-0.4, -0.2) is 43.9 Å². The summed E-state index contributed by atoms with van der Waals surface area (Å²) in [5.41, 5.74) is 0.192. The lowest BCUT2D eigenvalue weighted by molar-refractivity contribution is -0.139. The summed E-state index contributed by atoms with van der Waals surface area (Å²) >= 11 is 0. The molecule has 2 aromatic rings. The maximum atomic E-state index is 13.1. The third-order valence-electron chi connectivity index (χ3n) is 3.56. The van der Waals surface area contributed by atoms with Crippen molar-refractivity contribution >= 4 is 29.4 Å². The number of methoxy groups -OCH3 is 1. The van der Waals surface area contributed by atoms with E-state index < -0.39 is 41.9 Å². The van der Waals surface area contributed by atoms with Gasteiger partial charge >= 0.3 is 5.97 Å². The topological polar surface area (TPSA) is 114 Å². The van der Waals surface area contributed by atoms with Crippen molar-refractivity contribution < 1.29 is 32.7 Å². The highest BCUT2D eigenvalue weighted by Crippen LogP contribution is 2.11. The van der Waals surface area contributed by atoms with Crippen LogP contribution in [-0.2, 0) is 14.3 Å². The molecule has 29 heavy (non-hydrogen) atoms. The van der Waals surface area contributed by atoms with Crippen molar-refractivity contribution in [2.24, 2.45) is 0 Å². The van der Waals surface area contributed by atoms with Gasteiger partial charge in [-0.05, 0) is 30.3 Å². The van der Waals surface area contributed by atoms with E-state index in [0.717, 1.165) is 12.1 Å². The van der Waals surface area contributed by atoms with Gasteiger partial charge in [0.1, 0.15) is 18.2 Å². The maximum absolute atomic E-state index is 13.1. The first-order chi connectivity index (χ1) is 13.8. The highest BCUT2D eigenvalue weighted by Gasteiger charge is 2.12. The molecular weight excluding hydrogens is 388 g/mol. The lowest BCUT2D eigenvalue weighted by atomic mass is 10.2. The first-order valence-corrected chi connectivity index (χ1v) is 8.27. The minimum Gasteiger partial charge on any atom is -0.468 e. The number of rotatable bonds is 7. The summed E-state index contributed by atoms with van der Waals surface area (Å²) < 4.78 is 30.7. The standard InChI is InChI=1S/C19H17F2N3O5/c1-29-17(26)10-23-18(27)11-3-2-4-15(7-11)24-16(25)9-22-19(28)12-5-13(20)8-14(21)6-12/h2-8H,9-10H2,1H3,(H,22,28)(H,23,27)(H,24,25). The van der Waals surface area contributed by atoms with E-state index in [-0.39, 0.29) is 23.4 Å². The second kappa shape index (κ2) is 9.93. The number of anilines is 1. The molecular formula is C19H17F2N3O5. The molecule has 8 nitrogen and oxygen atoms in total. The van der Waals surface area contributed by atoms with E-state index in [9.17, 15) is 28.0 Å². The summed E-state index contributed by atoms with van der Waals surface area (Å²) in [6.45, 7) is -0.769. The number of nitrogens with one attached hydrogen (secondary N) is 3. The van der Waals surface area contributed by atoms with Crippen molar-refractivity contribution in [3.05, 3.63) is 65.2 Å². The molecule has 0 atom stereocenters. The predicted octanol–water partition coefficient (Wildman–Crippen LogP) is 1.24. The third kappa shape index (κ3) is 6.69. The average Bonchev–Trinajstić information content (AvgIpc) is 2.69. The second-order valence-electron chi connectivity index (χ2n) is 5.73. The molecule has 152 valence electrons. The van der Waals surface area contributed by atoms with Crippen LogP contribution in [0.4, 0.5) is 14.5 Å². The molecule has 0 aliphatic rings. The van der Waals surface area contributed by atoms with Crippen LogP contribution >= 0.6 is 0 Å². The molecule has 0 fully saturated rings. The average molecular weight is 405 g/mol. The third-order valence-corrected chi connectivity index (χ3v) is 3.56. The number of carbonyl (C=O) groups excluding carboxylic acids is 4. The molecule has 0 aliphatic carbocycles. The van der Waals surface area contributed by atoms with Gasteiger partial charge in [0.15, 0.2) is 0 Å². The molecule has 2 aromatic carbocycles. The summed E-state index contributed by atoms with van der Waals surface area (Å²) in [6.07, 6.45) is 0. The SMILES string of the molecule is COC(=O)CNC(=O)c1cccc(NC(=O)CNC(=O)c2cc(F)cc(F)c2)c1. The van der Waals surface area contributed by atoms with Gasteiger partial charge in [-0.25, -0.2) is 8.78 Å². The fourth-order valence-corrected chi connectivity index (χ4v) is 2.22. The van der Waals surface area contributed by atoms with Gasteiger partial charge in [-0.3, -0.25) is 19.2 Å². The van der Waals surface area contributed by atoms with Crippen molar-refractivity contribution in [3.63, 3.8) is 0 Å². The van der Waals surface area contributed by atoms with Gasteiger partial charge in [0.2, 0.25) is 5.91 Å². The van der Waals surface area contributed by atoms with E-state index in [1.807, 2.05) is 0 Å². The van der Waals surface area contributed by atoms with Crippen LogP contribution in [0.15, 0.2) is 42.5 Å². The van der Waals surface area contributed by atoms with Crippen molar-refractivity contribution in [3.8, 4) is 0 Å². The Morgan fingerprint density at radius 1 is 0.862 bits per heavy atom. The quantitative estimate of drug-likeness (QED) is 0.600. The number of carbonyl (C=O) groups is 4. The highest BCUT2D eigenvalue weighted by atomic mass is 19.1. The monoisotopic (exact) mass is 405 g/mol. The second-order valence-corrected chi connectivity index (χ2v) is 5.73. The van der Waals surface area contributed by atoms with E-state index in [4.69, 9.17) is 0 Å². The number of hydrogen-bond donors (Lipinski definition) is 3. The molecule has 10 heteroatoms. The van der Waals surface area contributed by atoms with Gasteiger partial charge in [0.25, 0.3) is 11.8 Å². The van der Waals surface area contributed by atoms with Crippen molar-refractivity contribution in [2.75, 3.05) is 25.5 Å².